The molecule has 1 aromatic carbocycles. The molecule has 8 heteroatoms. The van der Waals surface area contributed by atoms with Gasteiger partial charge in [0.1, 0.15) is 0 Å². The molecular formula is C12H5Cl4NO3. The number of ketones is 1. The van der Waals surface area contributed by atoms with E-state index in [1.165, 1.54) is 12.3 Å². The van der Waals surface area contributed by atoms with Crippen molar-refractivity contribution in [2.45, 2.75) is 0 Å². The number of aromatic nitrogens is 1. The molecule has 2 rings (SSSR count). The van der Waals surface area contributed by atoms with Crippen molar-refractivity contribution in [3.8, 4) is 0 Å². The number of hydrogen-bond acceptors (Lipinski definition) is 2. The lowest BCUT2D eigenvalue weighted by Crippen LogP contribution is -2.12. The molecule has 4 nitrogen and oxygen atoms in total. The lowest BCUT2D eigenvalue weighted by molar-refractivity contribution is 0.0693. The third-order valence-corrected chi connectivity index (χ3v) is 4.35. The maximum atomic E-state index is 12.3. The van der Waals surface area contributed by atoms with Gasteiger partial charge in [-0.1, -0.05) is 46.4 Å². The van der Waals surface area contributed by atoms with Crippen LogP contribution >= 0.6 is 46.4 Å². The maximum Gasteiger partial charge on any atom is 0.338 e. The fourth-order valence-electron chi connectivity index (χ4n) is 1.65. The van der Waals surface area contributed by atoms with Crippen molar-refractivity contribution < 1.29 is 14.7 Å². The molecule has 0 aliphatic carbocycles. The highest BCUT2D eigenvalue weighted by Gasteiger charge is 2.29. The highest BCUT2D eigenvalue weighted by Crippen LogP contribution is 2.42. The summed E-state index contributed by atoms with van der Waals surface area (Å²) >= 11 is 23.5. The Balaban J connectivity index is 2.81. The average Bonchev–Trinajstić information content (AvgIpc) is 2.93. The smallest absolute Gasteiger partial charge is 0.338 e. The Morgan fingerprint density at radius 3 is 1.95 bits per heavy atom. The van der Waals surface area contributed by atoms with E-state index in [1.807, 2.05) is 0 Å². The van der Waals surface area contributed by atoms with Gasteiger partial charge in [0.2, 0.25) is 5.78 Å². The number of carbonyl (C=O) groups is 2. The summed E-state index contributed by atoms with van der Waals surface area (Å²) in [7, 11) is 0. The molecule has 0 spiro atoms. The quantitative estimate of drug-likeness (QED) is 0.483. The number of halogens is 4. The van der Waals surface area contributed by atoms with Crippen molar-refractivity contribution in [1.29, 1.82) is 0 Å². The molecule has 1 aromatic heterocycles. The third-order valence-electron chi connectivity index (χ3n) is 2.55. The molecule has 20 heavy (non-hydrogen) atoms. The zero-order chi connectivity index (χ0) is 15.0. The van der Waals surface area contributed by atoms with E-state index in [2.05, 4.69) is 4.98 Å². The summed E-state index contributed by atoms with van der Waals surface area (Å²) in [6.07, 6.45) is 1.51. The monoisotopic (exact) mass is 351 g/mol. The highest BCUT2D eigenvalue weighted by molar-refractivity contribution is 6.54. The van der Waals surface area contributed by atoms with Crippen LogP contribution in [0.5, 0.6) is 0 Å². The fourth-order valence-corrected chi connectivity index (χ4v) is 2.67. The lowest BCUT2D eigenvalue weighted by atomic mass is 10.0. The molecular weight excluding hydrogens is 348 g/mol. The van der Waals surface area contributed by atoms with Crippen molar-refractivity contribution >= 4 is 58.2 Å². The Morgan fingerprint density at radius 2 is 1.50 bits per heavy atom. The Labute approximate surface area is 133 Å². The van der Waals surface area contributed by atoms with Crippen molar-refractivity contribution in [2.24, 2.45) is 0 Å². The number of carbonyl (C=O) groups excluding carboxylic acids is 1. The van der Waals surface area contributed by atoms with Crippen LogP contribution in [0.15, 0.2) is 18.3 Å². The van der Waals surface area contributed by atoms with Crippen molar-refractivity contribution in [3.63, 3.8) is 0 Å². The molecule has 0 aliphatic heterocycles. The predicted molar refractivity (Wildman–Crippen MR) is 77.7 cm³/mol. The van der Waals surface area contributed by atoms with E-state index in [0.29, 0.717) is 0 Å². The van der Waals surface area contributed by atoms with E-state index in [0.717, 1.165) is 0 Å². The summed E-state index contributed by atoms with van der Waals surface area (Å²) in [6, 6.07) is 3.06. The van der Waals surface area contributed by atoms with Crippen LogP contribution in [0.25, 0.3) is 0 Å². The van der Waals surface area contributed by atoms with E-state index >= 15 is 0 Å². The minimum Gasteiger partial charge on any atom is -0.478 e. The number of aromatic amines is 1. The van der Waals surface area contributed by atoms with Crippen LogP contribution in [-0.2, 0) is 0 Å². The minimum atomic E-state index is -1.43. The van der Waals surface area contributed by atoms with Gasteiger partial charge in [0.15, 0.2) is 0 Å². The van der Waals surface area contributed by atoms with E-state index in [1.54, 1.807) is 6.07 Å². The molecule has 0 atom stereocenters. The van der Waals surface area contributed by atoms with Crippen LogP contribution < -0.4 is 0 Å². The first-order valence-corrected chi connectivity index (χ1v) is 6.64. The fraction of sp³-hybridized carbons (Fsp3) is 0. The van der Waals surface area contributed by atoms with E-state index in [4.69, 9.17) is 46.4 Å². The summed E-state index contributed by atoms with van der Waals surface area (Å²) in [5, 5.41) is 8.27. The van der Waals surface area contributed by atoms with Gasteiger partial charge in [-0.25, -0.2) is 4.79 Å². The lowest BCUT2D eigenvalue weighted by Gasteiger charge is -2.12. The number of H-pyrrole nitrogens is 1. The van der Waals surface area contributed by atoms with E-state index < -0.39 is 17.3 Å². The summed E-state index contributed by atoms with van der Waals surface area (Å²) in [4.78, 5) is 26.3. The van der Waals surface area contributed by atoms with Gasteiger partial charge in [-0.2, -0.15) is 0 Å². The first kappa shape index (κ1) is 15.2. The van der Waals surface area contributed by atoms with Crippen molar-refractivity contribution in [2.75, 3.05) is 0 Å². The molecule has 1 heterocycles. The van der Waals surface area contributed by atoms with Crippen LogP contribution in [0.1, 0.15) is 26.4 Å². The van der Waals surface area contributed by atoms with E-state index in [-0.39, 0.29) is 31.3 Å². The second-order valence-electron chi connectivity index (χ2n) is 3.72. The molecule has 0 saturated carbocycles. The Hall–Kier alpha value is -1.20. The molecule has 0 bridgehead atoms. The largest absolute Gasteiger partial charge is 0.478 e. The van der Waals surface area contributed by atoms with Gasteiger partial charge < -0.3 is 10.1 Å². The van der Waals surface area contributed by atoms with Crippen LogP contribution in [-0.4, -0.2) is 21.8 Å². The molecule has 0 radical (unpaired) electrons. The molecule has 0 saturated heterocycles. The number of carboxylic acids is 1. The second-order valence-corrected chi connectivity index (χ2v) is 5.24. The molecule has 0 aliphatic rings. The topological polar surface area (TPSA) is 70.2 Å². The Bertz CT molecular complexity index is 710. The predicted octanol–water partition coefficient (Wildman–Crippen LogP) is 4.56. The highest BCUT2D eigenvalue weighted by atomic mass is 35.5. The van der Waals surface area contributed by atoms with Crippen LogP contribution in [0.4, 0.5) is 0 Å². The zero-order valence-electron chi connectivity index (χ0n) is 9.51. The molecule has 2 aromatic rings. The normalized spacial score (nSPS) is 10.6. The number of nitrogens with one attached hydrogen (secondary N) is 1. The Kier molecular flexibility index (Phi) is 4.30. The van der Waals surface area contributed by atoms with Gasteiger partial charge >= 0.3 is 5.97 Å². The van der Waals surface area contributed by atoms with Crippen molar-refractivity contribution in [3.05, 3.63) is 55.2 Å². The van der Waals surface area contributed by atoms with Gasteiger partial charge in [0.25, 0.3) is 0 Å². The number of rotatable bonds is 3. The van der Waals surface area contributed by atoms with Crippen LogP contribution in [0, 0.1) is 0 Å². The standard InChI is InChI=1S/C12H5Cl4NO3/c13-7-5(11(18)4-2-1-3-17-4)6(12(19)20)8(14)10(16)9(7)15/h1-3,17H,(H,19,20). The minimum absolute atomic E-state index is 0.156. The number of hydrogen-bond donors (Lipinski definition) is 2. The van der Waals surface area contributed by atoms with Gasteiger partial charge in [0, 0.05) is 6.20 Å². The number of aromatic carboxylic acids is 1. The van der Waals surface area contributed by atoms with Gasteiger partial charge in [-0.3, -0.25) is 4.79 Å². The van der Waals surface area contributed by atoms with Gasteiger partial charge in [-0.15, -0.1) is 0 Å². The second kappa shape index (κ2) is 5.66. The summed E-state index contributed by atoms with van der Waals surface area (Å²) in [5.41, 5.74) is -0.629. The number of carboxylic acid groups (broad SMARTS) is 1. The van der Waals surface area contributed by atoms with Crippen molar-refractivity contribution in [1.82, 2.24) is 4.98 Å². The van der Waals surface area contributed by atoms with Gasteiger partial charge in [-0.05, 0) is 12.1 Å². The summed E-state index contributed by atoms with van der Waals surface area (Å²) < 4.78 is 0. The molecule has 0 unspecified atom stereocenters. The summed E-state index contributed by atoms with van der Waals surface area (Å²) in [6.45, 7) is 0. The first-order valence-electron chi connectivity index (χ1n) is 5.13. The van der Waals surface area contributed by atoms with Crippen LogP contribution in [0.2, 0.25) is 20.1 Å². The first-order chi connectivity index (χ1) is 9.36. The molecule has 0 fully saturated rings. The Morgan fingerprint density at radius 1 is 0.950 bits per heavy atom. The maximum absolute atomic E-state index is 12.3. The summed E-state index contributed by atoms with van der Waals surface area (Å²) in [5.74, 6) is -2.07. The van der Waals surface area contributed by atoms with Gasteiger partial charge in [0.05, 0.1) is 36.9 Å². The van der Waals surface area contributed by atoms with E-state index in [9.17, 15) is 14.7 Å². The number of benzene rings is 1. The third kappa shape index (κ3) is 2.40. The SMILES string of the molecule is O=C(O)c1c(Cl)c(Cl)c(Cl)c(Cl)c1C(=O)c1ccc[nH]1. The molecule has 104 valence electrons. The zero-order valence-corrected chi connectivity index (χ0v) is 12.5. The average molecular weight is 353 g/mol. The molecule has 0 amide bonds. The molecule has 2 N–H and O–H groups in total. The van der Waals surface area contributed by atoms with Crippen LogP contribution in [0.3, 0.4) is 0 Å².